The Morgan fingerprint density at radius 3 is 2.83 bits per heavy atom. The van der Waals surface area contributed by atoms with E-state index < -0.39 is 0 Å². The fourth-order valence-electron chi connectivity index (χ4n) is 2.77. The first-order valence-corrected chi connectivity index (χ1v) is 7.94. The number of carbonyl (C=O) groups excluding carboxylic acids is 1. The van der Waals surface area contributed by atoms with E-state index in [1.165, 1.54) is 6.07 Å². The molecule has 0 unspecified atom stereocenters. The Kier molecular flexibility index (Phi) is 4.85. The molecule has 0 aliphatic carbocycles. The second kappa shape index (κ2) is 7.21. The highest BCUT2D eigenvalue weighted by atomic mass is 19.1. The SMILES string of the molecule is CN(Cc1ccc2cccnc2c1)c1ccc(CCC=O)c(F)c1. The third-order valence-corrected chi connectivity index (χ3v) is 4.10. The lowest BCUT2D eigenvalue weighted by Gasteiger charge is -2.20. The van der Waals surface area contributed by atoms with Crippen LogP contribution in [0.4, 0.5) is 10.1 Å². The quantitative estimate of drug-likeness (QED) is 0.639. The van der Waals surface area contributed by atoms with E-state index >= 15 is 0 Å². The van der Waals surface area contributed by atoms with Gasteiger partial charge in [-0.05, 0) is 41.8 Å². The van der Waals surface area contributed by atoms with Crippen molar-refractivity contribution >= 4 is 22.9 Å². The molecule has 0 saturated heterocycles. The molecule has 3 rings (SSSR count). The van der Waals surface area contributed by atoms with E-state index in [9.17, 15) is 9.18 Å². The summed E-state index contributed by atoms with van der Waals surface area (Å²) in [6, 6.07) is 15.3. The Labute approximate surface area is 140 Å². The second-order valence-corrected chi connectivity index (χ2v) is 5.87. The van der Waals surface area contributed by atoms with Gasteiger partial charge in [0.1, 0.15) is 12.1 Å². The molecule has 1 heterocycles. The van der Waals surface area contributed by atoms with E-state index in [0.717, 1.165) is 28.4 Å². The average molecular weight is 322 g/mol. The number of benzene rings is 2. The van der Waals surface area contributed by atoms with E-state index in [-0.39, 0.29) is 5.82 Å². The first-order chi connectivity index (χ1) is 11.7. The summed E-state index contributed by atoms with van der Waals surface area (Å²) in [5.41, 5.74) is 3.46. The zero-order valence-electron chi connectivity index (χ0n) is 13.6. The molecule has 0 bridgehead atoms. The fourth-order valence-corrected chi connectivity index (χ4v) is 2.77. The number of anilines is 1. The van der Waals surface area contributed by atoms with Gasteiger partial charge in [-0.25, -0.2) is 4.39 Å². The molecule has 0 fully saturated rings. The van der Waals surface area contributed by atoms with Crippen LogP contribution in [0.2, 0.25) is 0 Å². The number of aromatic nitrogens is 1. The average Bonchev–Trinajstić information content (AvgIpc) is 2.60. The first-order valence-electron chi connectivity index (χ1n) is 7.94. The van der Waals surface area contributed by atoms with Crippen molar-refractivity contribution < 1.29 is 9.18 Å². The Bertz CT molecular complexity index is 863. The summed E-state index contributed by atoms with van der Waals surface area (Å²) in [7, 11) is 1.93. The van der Waals surface area contributed by atoms with Gasteiger partial charge in [-0.15, -0.1) is 0 Å². The van der Waals surface area contributed by atoms with Gasteiger partial charge in [0, 0.05) is 37.3 Å². The Balaban J connectivity index is 1.76. The van der Waals surface area contributed by atoms with Gasteiger partial charge in [0.15, 0.2) is 0 Å². The molecule has 1 aromatic heterocycles. The largest absolute Gasteiger partial charge is 0.370 e. The summed E-state index contributed by atoms with van der Waals surface area (Å²) in [6.07, 6.45) is 3.38. The first kappa shape index (κ1) is 16.1. The molecule has 3 nitrogen and oxygen atoms in total. The van der Waals surface area contributed by atoms with Gasteiger partial charge >= 0.3 is 0 Å². The maximum absolute atomic E-state index is 14.1. The number of nitrogens with zero attached hydrogens (tertiary/aromatic N) is 2. The van der Waals surface area contributed by atoms with Gasteiger partial charge in [-0.1, -0.05) is 24.3 Å². The van der Waals surface area contributed by atoms with Crippen molar-refractivity contribution in [2.45, 2.75) is 19.4 Å². The van der Waals surface area contributed by atoms with E-state index in [1.807, 2.05) is 30.1 Å². The maximum Gasteiger partial charge on any atom is 0.128 e. The van der Waals surface area contributed by atoms with Crippen molar-refractivity contribution in [2.24, 2.45) is 0 Å². The van der Waals surface area contributed by atoms with Crippen LogP contribution >= 0.6 is 0 Å². The summed E-state index contributed by atoms with van der Waals surface area (Å²) >= 11 is 0. The lowest BCUT2D eigenvalue weighted by atomic mass is 10.1. The smallest absolute Gasteiger partial charge is 0.128 e. The predicted molar refractivity (Wildman–Crippen MR) is 94.6 cm³/mol. The van der Waals surface area contributed by atoms with Crippen molar-refractivity contribution in [2.75, 3.05) is 11.9 Å². The van der Waals surface area contributed by atoms with E-state index in [0.29, 0.717) is 24.9 Å². The van der Waals surface area contributed by atoms with Gasteiger partial charge in [0.05, 0.1) is 5.52 Å². The molecule has 0 N–H and O–H groups in total. The molecule has 2 aromatic carbocycles. The molecule has 0 aliphatic rings. The number of pyridine rings is 1. The van der Waals surface area contributed by atoms with Crippen LogP contribution < -0.4 is 4.90 Å². The number of fused-ring (bicyclic) bond motifs is 1. The highest BCUT2D eigenvalue weighted by molar-refractivity contribution is 5.78. The van der Waals surface area contributed by atoms with E-state index in [1.54, 1.807) is 12.3 Å². The van der Waals surface area contributed by atoms with Crippen LogP contribution in [-0.2, 0) is 17.8 Å². The molecule has 122 valence electrons. The maximum atomic E-state index is 14.1. The van der Waals surface area contributed by atoms with Crippen LogP contribution in [-0.4, -0.2) is 18.3 Å². The number of hydrogen-bond acceptors (Lipinski definition) is 3. The van der Waals surface area contributed by atoms with Gasteiger partial charge < -0.3 is 9.69 Å². The molecule has 24 heavy (non-hydrogen) atoms. The lowest BCUT2D eigenvalue weighted by molar-refractivity contribution is -0.107. The molecule has 0 amide bonds. The van der Waals surface area contributed by atoms with Crippen molar-refractivity contribution in [3.8, 4) is 0 Å². The number of rotatable bonds is 6. The summed E-state index contributed by atoms with van der Waals surface area (Å²) in [4.78, 5) is 16.8. The van der Waals surface area contributed by atoms with Crippen molar-refractivity contribution in [3.05, 3.63) is 71.7 Å². The molecule has 3 aromatic rings. The number of aldehydes is 1. The molecule has 0 atom stereocenters. The summed E-state index contributed by atoms with van der Waals surface area (Å²) in [6.45, 7) is 0.666. The van der Waals surface area contributed by atoms with Crippen LogP contribution in [0.15, 0.2) is 54.7 Å². The van der Waals surface area contributed by atoms with Gasteiger partial charge in [0.25, 0.3) is 0 Å². The predicted octanol–water partition coefficient (Wildman–Crippen LogP) is 4.14. The minimum Gasteiger partial charge on any atom is -0.370 e. The topological polar surface area (TPSA) is 33.2 Å². The highest BCUT2D eigenvalue weighted by Gasteiger charge is 2.08. The zero-order valence-corrected chi connectivity index (χ0v) is 13.6. The molecule has 0 saturated carbocycles. The lowest BCUT2D eigenvalue weighted by Crippen LogP contribution is -2.16. The summed E-state index contributed by atoms with van der Waals surface area (Å²) in [5.74, 6) is -0.263. The zero-order chi connectivity index (χ0) is 16.9. The standard InChI is InChI=1S/C20H19FN2O/c1-23(18-9-8-16(5-3-11-24)19(21)13-18)14-15-6-7-17-4-2-10-22-20(17)12-15/h2,4,6-13H,3,5,14H2,1H3. The van der Waals surface area contributed by atoms with Crippen LogP contribution in [0, 0.1) is 5.82 Å². The van der Waals surface area contributed by atoms with Crippen molar-refractivity contribution in [1.29, 1.82) is 0 Å². The summed E-state index contributed by atoms with van der Waals surface area (Å²) < 4.78 is 14.1. The monoisotopic (exact) mass is 322 g/mol. The summed E-state index contributed by atoms with van der Waals surface area (Å²) in [5, 5.41) is 1.11. The highest BCUT2D eigenvalue weighted by Crippen LogP contribution is 2.21. The minimum atomic E-state index is -0.263. The molecule has 0 radical (unpaired) electrons. The molecular weight excluding hydrogens is 303 g/mol. The van der Waals surface area contributed by atoms with Crippen LogP contribution in [0.1, 0.15) is 17.5 Å². The Morgan fingerprint density at radius 1 is 1.17 bits per heavy atom. The van der Waals surface area contributed by atoms with Crippen LogP contribution in [0.25, 0.3) is 10.9 Å². The number of carbonyl (C=O) groups is 1. The third-order valence-electron chi connectivity index (χ3n) is 4.10. The third kappa shape index (κ3) is 3.59. The number of hydrogen-bond donors (Lipinski definition) is 0. The van der Waals surface area contributed by atoms with Crippen molar-refractivity contribution in [1.82, 2.24) is 4.98 Å². The van der Waals surface area contributed by atoms with Crippen LogP contribution in [0.3, 0.4) is 0 Å². The molecular formula is C20H19FN2O. The normalized spacial score (nSPS) is 10.8. The minimum absolute atomic E-state index is 0.263. The van der Waals surface area contributed by atoms with Gasteiger partial charge in [0.2, 0.25) is 0 Å². The Hall–Kier alpha value is -2.75. The van der Waals surface area contributed by atoms with E-state index in [2.05, 4.69) is 23.2 Å². The molecule has 0 spiro atoms. The second-order valence-electron chi connectivity index (χ2n) is 5.87. The fraction of sp³-hybridized carbons (Fsp3) is 0.200. The number of aryl methyl sites for hydroxylation is 1. The molecule has 0 aliphatic heterocycles. The van der Waals surface area contributed by atoms with E-state index in [4.69, 9.17) is 0 Å². The molecule has 4 heteroatoms. The van der Waals surface area contributed by atoms with Crippen LogP contribution in [0.5, 0.6) is 0 Å². The Morgan fingerprint density at radius 2 is 2.04 bits per heavy atom. The van der Waals surface area contributed by atoms with Gasteiger partial charge in [-0.3, -0.25) is 4.98 Å². The van der Waals surface area contributed by atoms with Crippen molar-refractivity contribution in [3.63, 3.8) is 0 Å². The van der Waals surface area contributed by atoms with Gasteiger partial charge in [-0.2, -0.15) is 0 Å². The number of halogens is 1.